The summed E-state index contributed by atoms with van der Waals surface area (Å²) in [5.74, 6) is 0. The first kappa shape index (κ1) is 13.0. The number of nitrogens with zero attached hydrogens (tertiary/aromatic N) is 2. The molecule has 1 aliphatic rings. The molecule has 1 unspecified atom stereocenters. The van der Waals surface area contributed by atoms with Crippen LogP contribution in [0.25, 0.3) is 0 Å². The van der Waals surface area contributed by atoms with Gasteiger partial charge in [-0.25, -0.2) is 0 Å². The third-order valence-corrected chi connectivity index (χ3v) is 4.86. The zero-order valence-electron chi connectivity index (χ0n) is 9.80. The van der Waals surface area contributed by atoms with E-state index in [9.17, 15) is 0 Å². The zero-order valence-corrected chi connectivity index (χ0v) is 11.4. The smallest absolute Gasteiger partial charge is 0.0638 e. The van der Waals surface area contributed by atoms with E-state index in [2.05, 4.69) is 40.9 Å². The lowest BCUT2D eigenvalue weighted by Gasteiger charge is -2.34. The first-order valence-corrected chi connectivity index (χ1v) is 6.89. The highest BCUT2D eigenvalue weighted by atomic mass is 79.9. The summed E-state index contributed by atoms with van der Waals surface area (Å²) in [6.45, 7) is 3.27. The van der Waals surface area contributed by atoms with Crippen LogP contribution in [0, 0.1) is 16.7 Å². The van der Waals surface area contributed by atoms with E-state index in [0.717, 1.165) is 11.9 Å². The molecule has 1 rings (SSSR count). The van der Waals surface area contributed by atoms with Crippen molar-refractivity contribution in [1.29, 1.82) is 5.26 Å². The van der Waals surface area contributed by atoms with Crippen LogP contribution in [0.4, 0.5) is 0 Å². The van der Waals surface area contributed by atoms with Gasteiger partial charge in [0.05, 0.1) is 12.5 Å². The molecule has 15 heavy (non-hydrogen) atoms. The summed E-state index contributed by atoms with van der Waals surface area (Å²) in [4.78, 5) is 2.34. The van der Waals surface area contributed by atoms with E-state index in [1.807, 2.05) is 0 Å². The molecular weight excluding hydrogens is 252 g/mol. The molecule has 86 valence electrons. The second-order valence-electron chi connectivity index (χ2n) is 4.97. The summed E-state index contributed by atoms with van der Waals surface area (Å²) in [6, 6.07) is 2.63. The molecule has 0 spiro atoms. The minimum atomic E-state index is 0.381. The number of alkyl halides is 1. The van der Waals surface area contributed by atoms with Crippen molar-refractivity contribution in [2.45, 2.75) is 45.1 Å². The molecule has 0 aromatic carbocycles. The Kier molecular flexibility index (Phi) is 5.08. The van der Waals surface area contributed by atoms with Gasteiger partial charge in [-0.15, -0.1) is 0 Å². The Morgan fingerprint density at radius 1 is 1.47 bits per heavy atom. The molecule has 0 aliphatic heterocycles. The Morgan fingerprint density at radius 2 is 2.07 bits per heavy atom. The normalized spacial score (nSPS) is 21.5. The van der Waals surface area contributed by atoms with E-state index in [1.165, 1.54) is 25.7 Å². The fourth-order valence-electron chi connectivity index (χ4n) is 2.43. The number of nitriles is 1. The van der Waals surface area contributed by atoms with Crippen LogP contribution < -0.4 is 0 Å². The van der Waals surface area contributed by atoms with Crippen molar-refractivity contribution < 1.29 is 0 Å². The highest BCUT2D eigenvalue weighted by Crippen LogP contribution is 2.40. The zero-order chi connectivity index (χ0) is 11.3. The molecular formula is C12H21BrN2. The first-order valence-electron chi connectivity index (χ1n) is 5.77. The molecule has 0 aromatic heterocycles. The Hall–Kier alpha value is -0.0700. The summed E-state index contributed by atoms with van der Waals surface area (Å²) < 4.78 is 0. The van der Waals surface area contributed by atoms with Gasteiger partial charge in [0.25, 0.3) is 0 Å². The molecule has 0 bridgehead atoms. The van der Waals surface area contributed by atoms with Gasteiger partial charge in [-0.3, -0.25) is 0 Å². The van der Waals surface area contributed by atoms with Gasteiger partial charge in [0, 0.05) is 17.9 Å². The molecule has 2 nitrogen and oxygen atoms in total. The average molecular weight is 273 g/mol. The van der Waals surface area contributed by atoms with Gasteiger partial charge in [0.15, 0.2) is 0 Å². The maximum absolute atomic E-state index is 8.68. The van der Waals surface area contributed by atoms with Crippen LogP contribution >= 0.6 is 15.9 Å². The molecule has 3 heteroatoms. The minimum Gasteiger partial charge on any atom is -0.302 e. The fraction of sp³-hybridized carbons (Fsp3) is 0.917. The second-order valence-corrected chi connectivity index (χ2v) is 5.53. The van der Waals surface area contributed by atoms with Crippen molar-refractivity contribution >= 4 is 15.9 Å². The largest absolute Gasteiger partial charge is 0.302 e. The van der Waals surface area contributed by atoms with E-state index in [-0.39, 0.29) is 0 Å². The van der Waals surface area contributed by atoms with E-state index in [1.54, 1.807) is 0 Å². The third kappa shape index (κ3) is 3.46. The average Bonchev–Trinajstić information content (AvgIpc) is 2.67. The van der Waals surface area contributed by atoms with Gasteiger partial charge in [-0.2, -0.15) is 5.26 Å². The van der Waals surface area contributed by atoms with E-state index >= 15 is 0 Å². The monoisotopic (exact) mass is 272 g/mol. The van der Waals surface area contributed by atoms with Gasteiger partial charge < -0.3 is 4.90 Å². The van der Waals surface area contributed by atoms with Crippen LogP contribution in [0.3, 0.4) is 0 Å². The fourth-order valence-corrected chi connectivity index (χ4v) is 3.17. The molecule has 0 N–H and O–H groups in total. The summed E-state index contributed by atoms with van der Waals surface area (Å²) in [6.07, 6.45) is 6.04. The van der Waals surface area contributed by atoms with Crippen LogP contribution in [0.2, 0.25) is 0 Å². The molecule has 1 saturated carbocycles. The Balaban J connectivity index is 2.48. The Labute approximate surface area is 102 Å². The van der Waals surface area contributed by atoms with Crippen molar-refractivity contribution in [3.63, 3.8) is 0 Å². The second kappa shape index (κ2) is 5.86. The van der Waals surface area contributed by atoms with E-state index < -0.39 is 0 Å². The van der Waals surface area contributed by atoms with Gasteiger partial charge >= 0.3 is 0 Å². The number of rotatable bonds is 5. The molecule has 0 radical (unpaired) electrons. The summed E-state index contributed by atoms with van der Waals surface area (Å²) in [5, 5.41) is 9.78. The van der Waals surface area contributed by atoms with Crippen LogP contribution in [0.5, 0.6) is 0 Å². The maximum atomic E-state index is 8.68. The van der Waals surface area contributed by atoms with Gasteiger partial charge in [-0.05, 0) is 32.2 Å². The van der Waals surface area contributed by atoms with Crippen molar-refractivity contribution in [2.24, 2.45) is 5.41 Å². The molecule has 1 fully saturated rings. The molecule has 0 heterocycles. The standard InChI is InChI=1S/C12H21BrN2/c1-11(5-8-14)15(2)10-12(9-13)6-3-4-7-12/h11H,3-7,9-10H2,1-2H3. The molecule has 0 aromatic rings. The van der Waals surface area contributed by atoms with Crippen molar-refractivity contribution in [2.75, 3.05) is 18.9 Å². The first-order chi connectivity index (χ1) is 7.13. The lowest BCUT2D eigenvalue weighted by atomic mass is 9.88. The molecule has 0 saturated heterocycles. The van der Waals surface area contributed by atoms with Gasteiger partial charge in [0.2, 0.25) is 0 Å². The van der Waals surface area contributed by atoms with Crippen molar-refractivity contribution in [1.82, 2.24) is 4.90 Å². The number of halogens is 1. The highest BCUT2D eigenvalue weighted by Gasteiger charge is 2.34. The lowest BCUT2D eigenvalue weighted by molar-refractivity contribution is 0.165. The molecule has 0 amide bonds. The third-order valence-electron chi connectivity index (χ3n) is 3.67. The van der Waals surface area contributed by atoms with E-state index in [4.69, 9.17) is 5.26 Å². The number of hydrogen-bond donors (Lipinski definition) is 0. The molecule has 1 aliphatic carbocycles. The lowest BCUT2D eigenvalue weighted by Crippen LogP contribution is -2.39. The van der Waals surface area contributed by atoms with Gasteiger partial charge in [0.1, 0.15) is 0 Å². The van der Waals surface area contributed by atoms with Crippen LogP contribution in [0.1, 0.15) is 39.0 Å². The predicted octanol–water partition coefficient (Wildman–Crippen LogP) is 3.18. The van der Waals surface area contributed by atoms with Crippen LogP contribution in [0.15, 0.2) is 0 Å². The summed E-state index contributed by atoms with van der Waals surface area (Å²) in [7, 11) is 2.14. The SMILES string of the molecule is CC(CC#N)N(C)CC1(CBr)CCCC1. The number of hydrogen-bond acceptors (Lipinski definition) is 2. The highest BCUT2D eigenvalue weighted by molar-refractivity contribution is 9.09. The summed E-state index contributed by atoms with van der Waals surface area (Å²) in [5.41, 5.74) is 0.471. The van der Waals surface area contributed by atoms with Crippen molar-refractivity contribution in [3.05, 3.63) is 0 Å². The quantitative estimate of drug-likeness (QED) is 0.719. The topological polar surface area (TPSA) is 27.0 Å². The van der Waals surface area contributed by atoms with Crippen LogP contribution in [-0.4, -0.2) is 29.9 Å². The Morgan fingerprint density at radius 3 is 2.53 bits per heavy atom. The van der Waals surface area contributed by atoms with Gasteiger partial charge in [-0.1, -0.05) is 28.8 Å². The molecule has 1 atom stereocenters. The minimum absolute atomic E-state index is 0.381. The van der Waals surface area contributed by atoms with Crippen LogP contribution in [-0.2, 0) is 0 Å². The predicted molar refractivity (Wildman–Crippen MR) is 67.0 cm³/mol. The summed E-state index contributed by atoms with van der Waals surface area (Å²) >= 11 is 3.66. The van der Waals surface area contributed by atoms with E-state index in [0.29, 0.717) is 17.9 Å². The maximum Gasteiger partial charge on any atom is 0.0638 e. The Bertz CT molecular complexity index is 228. The van der Waals surface area contributed by atoms with Crippen molar-refractivity contribution in [3.8, 4) is 6.07 Å².